The van der Waals surface area contributed by atoms with Crippen molar-refractivity contribution in [2.75, 3.05) is 18.0 Å². The van der Waals surface area contributed by atoms with E-state index in [0.29, 0.717) is 12.2 Å². The maximum absolute atomic E-state index is 12.7. The third-order valence-electron chi connectivity index (χ3n) is 3.56. The predicted octanol–water partition coefficient (Wildman–Crippen LogP) is 3.94. The van der Waals surface area contributed by atoms with Crippen molar-refractivity contribution in [1.82, 2.24) is 5.32 Å². The SMILES string of the molecule is CC1CNC(C)(C)CN1c1ccc(C(F)(F)F)cc1Cl. The lowest BCUT2D eigenvalue weighted by molar-refractivity contribution is -0.137. The monoisotopic (exact) mass is 306 g/mol. The van der Waals surface area contributed by atoms with Crippen molar-refractivity contribution in [2.45, 2.75) is 38.5 Å². The van der Waals surface area contributed by atoms with E-state index < -0.39 is 11.7 Å². The maximum atomic E-state index is 12.7. The number of nitrogens with zero attached hydrogens (tertiary/aromatic N) is 1. The average Bonchev–Trinajstić information content (AvgIpc) is 2.31. The van der Waals surface area contributed by atoms with Gasteiger partial charge in [-0.2, -0.15) is 13.2 Å². The quantitative estimate of drug-likeness (QED) is 0.845. The van der Waals surface area contributed by atoms with Crippen molar-refractivity contribution < 1.29 is 13.2 Å². The van der Waals surface area contributed by atoms with E-state index in [4.69, 9.17) is 11.6 Å². The van der Waals surface area contributed by atoms with Gasteiger partial charge in [0.25, 0.3) is 0 Å². The van der Waals surface area contributed by atoms with Crippen LogP contribution < -0.4 is 10.2 Å². The molecule has 0 aliphatic carbocycles. The van der Waals surface area contributed by atoms with Crippen LogP contribution in [0.4, 0.5) is 18.9 Å². The third-order valence-corrected chi connectivity index (χ3v) is 3.86. The molecule has 0 radical (unpaired) electrons. The van der Waals surface area contributed by atoms with Gasteiger partial charge >= 0.3 is 6.18 Å². The molecule has 1 heterocycles. The van der Waals surface area contributed by atoms with Gasteiger partial charge in [-0.15, -0.1) is 0 Å². The van der Waals surface area contributed by atoms with Gasteiger partial charge in [0.15, 0.2) is 0 Å². The van der Waals surface area contributed by atoms with Crippen LogP contribution in [0.15, 0.2) is 18.2 Å². The molecule has 112 valence electrons. The van der Waals surface area contributed by atoms with Crippen LogP contribution in [0.2, 0.25) is 5.02 Å². The molecule has 2 nitrogen and oxygen atoms in total. The number of hydrogen-bond donors (Lipinski definition) is 1. The van der Waals surface area contributed by atoms with E-state index in [9.17, 15) is 13.2 Å². The normalized spacial score (nSPS) is 22.9. The smallest absolute Gasteiger partial charge is 0.365 e. The van der Waals surface area contributed by atoms with E-state index in [2.05, 4.69) is 24.1 Å². The number of nitrogens with one attached hydrogen (secondary N) is 1. The Balaban J connectivity index is 2.33. The summed E-state index contributed by atoms with van der Waals surface area (Å²) in [5.41, 5.74) is -0.159. The van der Waals surface area contributed by atoms with Crippen LogP contribution in [0, 0.1) is 0 Å². The van der Waals surface area contributed by atoms with Gasteiger partial charge in [-0.25, -0.2) is 0 Å². The van der Waals surface area contributed by atoms with Gasteiger partial charge in [0.2, 0.25) is 0 Å². The molecule has 1 aromatic rings. The van der Waals surface area contributed by atoms with Gasteiger partial charge in [0.1, 0.15) is 0 Å². The first-order valence-electron chi connectivity index (χ1n) is 6.48. The Bertz CT molecular complexity index is 500. The average molecular weight is 307 g/mol. The highest BCUT2D eigenvalue weighted by Gasteiger charge is 2.34. The number of alkyl halides is 3. The number of piperazine rings is 1. The second-order valence-corrected chi connectivity index (χ2v) is 6.31. The molecular formula is C14H18ClF3N2. The van der Waals surface area contributed by atoms with E-state index in [1.165, 1.54) is 6.07 Å². The Labute approximate surface area is 121 Å². The minimum Gasteiger partial charge on any atom is -0.365 e. The zero-order chi connectivity index (χ0) is 15.1. The number of anilines is 1. The standard InChI is InChI=1S/C14H18ClF3N2/c1-9-7-19-13(2,3)8-20(9)12-5-4-10(6-11(12)15)14(16,17)18/h4-6,9,19H,7-8H2,1-3H3. The van der Waals surface area contributed by atoms with Crippen molar-refractivity contribution >= 4 is 17.3 Å². The molecule has 0 spiro atoms. The first-order chi connectivity index (χ1) is 9.10. The van der Waals surface area contributed by atoms with Crippen molar-refractivity contribution in [3.05, 3.63) is 28.8 Å². The lowest BCUT2D eigenvalue weighted by Gasteiger charge is -2.45. The minimum atomic E-state index is -4.36. The van der Waals surface area contributed by atoms with Gasteiger partial charge in [0.05, 0.1) is 16.3 Å². The molecule has 20 heavy (non-hydrogen) atoms. The highest BCUT2D eigenvalue weighted by molar-refractivity contribution is 6.33. The molecule has 0 amide bonds. The van der Waals surface area contributed by atoms with Crippen molar-refractivity contribution in [2.24, 2.45) is 0 Å². The molecule has 6 heteroatoms. The van der Waals surface area contributed by atoms with Crippen LogP contribution in [0.1, 0.15) is 26.3 Å². The minimum absolute atomic E-state index is 0.0987. The zero-order valence-corrected chi connectivity index (χ0v) is 12.4. The molecule has 1 N–H and O–H groups in total. The molecule has 1 fully saturated rings. The van der Waals surface area contributed by atoms with Gasteiger partial charge in [-0.05, 0) is 39.0 Å². The van der Waals surface area contributed by atoms with Gasteiger partial charge < -0.3 is 10.2 Å². The molecule has 1 unspecified atom stereocenters. The van der Waals surface area contributed by atoms with Gasteiger partial charge in [-0.3, -0.25) is 0 Å². The highest BCUT2D eigenvalue weighted by atomic mass is 35.5. The van der Waals surface area contributed by atoms with E-state index in [1.54, 1.807) is 0 Å². The first-order valence-corrected chi connectivity index (χ1v) is 6.86. The zero-order valence-electron chi connectivity index (χ0n) is 11.7. The van der Waals surface area contributed by atoms with Crippen LogP contribution >= 0.6 is 11.6 Å². The maximum Gasteiger partial charge on any atom is 0.416 e. The molecule has 1 aliphatic heterocycles. The van der Waals surface area contributed by atoms with Crippen LogP contribution in [0.5, 0.6) is 0 Å². The molecule has 0 saturated carbocycles. The first kappa shape index (κ1) is 15.4. The molecule has 1 aromatic carbocycles. The second-order valence-electron chi connectivity index (χ2n) is 5.91. The van der Waals surface area contributed by atoms with E-state index >= 15 is 0 Å². The summed E-state index contributed by atoms with van der Waals surface area (Å²) in [5, 5.41) is 3.54. The van der Waals surface area contributed by atoms with Crippen LogP contribution in [0.3, 0.4) is 0 Å². The summed E-state index contributed by atoms with van der Waals surface area (Å²) in [4.78, 5) is 2.05. The summed E-state index contributed by atoms with van der Waals surface area (Å²) >= 11 is 6.07. The Morgan fingerprint density at radius 3 is 2.55 bits per heavy atom. The molecule has 1 saturated heterocycles. The second kappa shape index (κ2) is 5.11. The largest absolute Gasteiger partial charge is 0.416 e. The predicted molar refractivity (Wildman–Crippen MR) is 75.3 cm³/mol. The number of rotatable bonds is 1. The Kier molecular flexibility index (Phi) is 3.95. The van der Waals surface area contributed by atoms with Crippen LogP contribution in [0.25, 0.3) is 0 Å². The fourth-order valence-electron chi connectivity index (χ4n) is 2.41. The summed E-state index contributed by atoms with van der Waals surface area (Å²) < 4.78 is 38.0. The lowest BCUT2D eigenvalue weighted by Crippen LogP contribution is -2.61. The molecule has 1 atom stereocenters. The van der Waals surface area contributed by atoms with Gasteiger partial charge in [-0.1, -0.05) is 11.6 Å². The molecule has 0 bridgehead atoms. The van der Waals surface area contributed by atoms with Crippen LogP contribution in [-0.2, 0) is 6.18 Å². The summed E-state index contributed by atoms with van der Waals surface area (Å²) in [6, 6.07) is 3.72. The fourth-order valence-corrected chi connectivity index (χ4v) is 2.70. The summed E-state index contributed by atoms with van der Waals surface area (Å²) in [5.74, 6) is 0. The molecule has 0 aromatic heterocycles. The molecular weight excluding hydrogens is 289 g/mol. The van der Waals surface area contributed by atoms with E-state index in [1.807, 2.05) is 6.92 Å². The Hall–Kier alpha value is -0.940. The molecule has 2 rings (SSSR count). The number of halogens is 4. The third kappa shape index (κ3) is 3.20. The summed E-state index contributed by atoms with van der Waals surface area (Å²) in [6.45, 7) is 7.60. The number of benzene rings is 1. The highest BCUT2D eigenvalue weighted by Crippen LogP contribution is 2.36. The van der Waals surface area contributed by atoms with E-state index in [-0.39, 0.29) is 16.6 Å². The summed E-state index contributed by atoms with van der Waals surface area (Å²) in [7, 11) is 0. The van der Waals surface area contributed by atoms with Crippen molar-refractivity contribution in [3.8, 4) is 0 Å². The summed E-state index contributed by atoms with van der Waals surface area (Å²) in [6.07, 6.45) is -4.36. The Morgan fingerprint density at radius 2 is 2.00 bits per heavy atom. The van der Waals surface area contributed by atoms with E-state index in [0.717, 1.165) is 18.7 Å². The number of hydrogen-bond acceptors (Lipinski definition) is 2. The van der Waals surface area contributed by atoms with Crippen LogP contribution in [-0.4, -0.2) is 24.7 Å². The molecule has 1 aliphatic rings. The fraction of sp³-hybridized carbons (Fsp3) is 0.571. The topological polar surface area (TPSA) is 15.3 Å². The van der Waals surface area contributed by atoms with Crippen molar-refractivity contribution in [1.29, 1.82) is 0 Å². The van der Waals surface area contributed by atoms with Crippen molar-refractivity contribution in [3.63, 3.8) is 0 Å². The lowest BCUT2D eigenvalue weighted by atomic mass is 9.98. The van der Waals surface area contributed by atoms with Gasteiger partial charge in [0, 0.05) is 24.7 Å². The Morgan fingerprint density at radius 1 is 1.35 bits per heavy atom.